The molecular weight excluding hydrogens is 292 g/mol. The number of oxazole rings is 1. The van der Waals surface area contributed by atoms with Crippen molar-refractivity contribution in [1.29, 1.82) is 0 Å². The second-order valence-corrected chi connectivity index (χ2v) is 5.46. The maximum absolute atomic E-state index is 11.8. The van der Waals surface area contributed by atoms with Crippen molar-refractivity contribution in [3.05, 3.63) is 54.1 Å². The maximum atomic E-state index is 11.8. The van der Waals surface area contributed by atoms with E-state index in [9.17, 15) is 4.79 Å². The zero-order valence-electron chi connectivity index (χ0n) is 13.0. The maximum Gasteiger partial charge on any atom is 0.297 e. The lowest BCUT2D eigenvalue weighted by Gasteiger charge is -2.17. The van der Waals surface area contributed by atoms with E-state index in [0.29, 0.717) is 11.6 Å². The van der Waals surface area contributed by atoms with E-state index in [2.05, 4.69) is 10.3 Å². The summed E-state index contributed by atoms with van der Waals surface area (Å²) in [6, 6.07) is 14.8. The molecule has 0 aliphatic carbocycles. The van der Waals surface area contributed by atoms with Gasteiger partial charge < -0.3 is 20.4 Å². The predicted molar refractivity (Wildman–Crippen MR) is 90.3 cm³/mol. The van der Waals surface area contributed by atoms with Crippen molar-refractivity contribution in [2.24, 2.45) is 5.73 Å². The smallest absolute Gasteiger partial charge is 0.297 e. The average molecular weight is 310 g/mol. The minimum atomic E-state index is -0.603. The molecule has 0 fully saturated rings. The van der Waals surface area contributed by atoms with Gasteiger partial charge in [-0.15, -0.1) is 0 Å². The molecule has 0 saturated carbocycles. The van der Waals surface area contributed by atoms with Crippen LogP contribution in [0.2, 0.25) is 0 Å². The Morgan fingerprint density at radius 3 is 2.61 bits per heavy atom. The molecule has 1 atom stereocenters. The SMILES string of the molecule is CN(C)c1nc2cc(N[C@H](C(N)=O)c3ccccc3)ccc2o1. The topological polar surface area (TPSA) is 84.4 Å². The fourth-order valence-electron chi connectivity index (χ4n) is 2.33. The molecule has 1 heterocycles. The number of aromatic nitrogens is 1. The van der Waals surface area contributed by atoms with Crippen LogP contribution in [0.25, 0.3) is 11.1 Å². The van der Waals surface area contributed by atoms with E-state index >= 15 is 0 Å². The molecule has 23 heavy (non-hydrogen) atoms. The van der Waals surface area contributed by atoms with Crippen LogP contribution in [0.15, 0.2) is 52.9 Å². The van der Waals surface area contributed by atoms with E-state index in [-0.39, 0.29) is 0 Å². The summed E-state index contributed by atoms with van der Waals surface area (Å²) in [6.45, 7) is 0. The number of nitrogens with one attached hydrogen (secondary N) is 1. The Labute approximate surface area is 133 Å². The number of primary amides is 1. The van der Waals surface area contributed by atoms with Crippen LogP contribution in [0.4, 0.5) is 11.7 Å². The number of nitrogens with zero attached hydrogens (tertiary/aromatic N) is 2. The molecule has 3 N–H and O–H groups in total. The lowest BCUT2D eigenvalue weighted by molar-refractivity contribution is -0.118. The molecule has 0 bridgehead atoms. The molecule has 1 aromatic heterocycles. The molecule has 3 rings (SSSR count). The highest BCUT2D eigenvalue weighted by molar-refractivity contribution is 5.86. The van der Waals surface area contributed by atoms with Crippen LogP contribution in [-0.4, -0.2) is 25.0 Å². The van der Waals surface area contributed by atoms with Gasteiger partial charge in [-0.2, -0.15) is 4.98 Å². The molecule has 0 unspecified atom stereocenters. The van der Waals surface area contributed by atoms with Crippen LogP contribution in [-0.2, 0) is 4.79 Å². The third kappa shape index (κ3) is 3.11. The third-order valence-corrected chi connectivity index (χ3v) is 3.49. The number of hydrogen-bond acceptors (Lipinski definition) is 5. The number of anilines is 2. The van der Waals surface area contributed by atoms with Gasteiger partial charge >= 0.3 is 0 Å². The average Bonchev–Trinajstić information content (AvgIpc) is 2.96. The Balaban J connectivity index is 1.91. The molecule has 0 spiro atoms. The van der Waals surface area contributed by atoms with Crippen molar-refractivity contribution in [2.45, 2.75) is 6.04 Å². The van der Waals surface area contributed by atoms with Crippen molar-refractivity contribution < 1.29 is 9.21 Å². The molecule has 0 aliphatic heterocycles. The molecular formula is C17H18N4O2. The number of rotatable bonds is 5. The Bertz CT molecular complexity index is 827. The normalized spacial score (nSPS) is 12.1. The predicted octanol–water partition coefficient (Wildman–Crippen LogP) is 2.53. The van der Waals surface area contributed by atoms with Gasteiger partial charge in [-0.05, 0) is 23.8 Å². The number of carbonyl (C=O) groups excluding carboxylic acids is 1. The number of benzene rings is 2. The first-order valence-corrected chi connectivity index (χ1v) is 7.23. The molecule has 0 aliphatic rings. The number of fused-ring (bicyclic) bond motifs is 1. The minimum absolute atomic E-state index is 0.439. The van der Waals surface area contributed by atoms with Crippen LogP contribution in [0.1, 0.15) is 11.6 Å². The molecule has 0 saturated heterocycles. The van der Waals surface area contributed by atoms with Gasteiger partial charge in [0.15, 0.2) is 5.58 Å². The van der Waals surface area contributed by atoms with Gasteiger partial charge in [0, 0.05) is 19.8 Å². The quantitative estimate of drug-likeness (QED) is 0.756. The largest absolute Gasteiger partial charge is 0.423 e. The summed E-state index contributed by atoms with van der Waals surface area (Å²) in [5.74, 6) is -0.439. The lowest BCUT2D eigenvalue weighted by Crippen LogP contribution is -2.27. The van der Waals surface area contributed by atoms with Crippen molar-refractivity contribution in [1.82, 2.24) is 4.98 Å². The molecule has 0 radical (unpaired) electrons. The first-order valence-electron chi connectivity index (χ1n) is 7.23. The van der Waals surface area contributed by atoms with E-state index in [1.54, 1.807) is 4.90 Å². The van der Waals surface area contributed by atoms with Gasteiger partial charge in [-0.25, -0.2) is 0 Å². The number of carbonyl (C=O) groups is 1. The van der Waals surface area contributed by atoms with E-state index in [1.807, 2.05) is 62.6 Å². The van der Waals surface area contributed by atoms with Gasteiger partial charge in [0.2, 0.25) is 5.91 Å². The van der Waals surface area contributed by atoms with Gasteiger partial charge in [0.05, 0.1) is 0 Å². The van der Waals surface area contributed by atoms with Gasteiger partial charge in [-0.1, -0.05) is 30.3 Å². The van der Waals surface area contributed by atoms with E-state index in [1.165, 1.54) is 0 Å². The Morgan fingerprint density at radius 1 is 1.22 bits per heavy atom. The van der Waals surface area contributed by atoms with Gasteiger partial charge in [0.25, 0.3) is 6.01 Å². The van der Waals surface area contributed by atoms with Crippen molar-refractivity contribution in [3.63, 3.8) is 0 Å². The highest BCUT2D eigenvalue weighted by Crippen LogP contribution is 2.26. The number of hydrogen-bond donors (Lipinski definition) is 2. The second-order valence-electron chi connectivity index (χ2n) is 5.46. The number of amides is 1. The standard InChI is InChI=1S/C17H18N4O2/c1-21(2)17-20-13-10-12(8-9-14(13)23-17)19-15(16(18)22)11-6-4-3-5-7-11/h3-10,15,19H,1-2H3,(H2,18,22)/t15-/m0/s1. The van der Waals surface area contributed by atoms with E-state index in [0.717, 1.165) is 16.8 Å². The second kappa shape index (κ2) is 6.00. The van der Waals surface area contributed by atoms with E-state index < -0.39 is 11.9 Å². The molecule has 6 heteroatoms. The molecule has 6 nitrogen and oxygen atoms in total. The van der Waals surface area contributed by atoms with Crippen LogP contribution in [0, 0.1) is 0 Å². The monoisotopic (exact) mass is 310 g/mol. The van der Waals surface area contributed by atoms with Crippen LogP contribution >= 0.6 is 0 Å². The highest BCUT2D eigenvalue weighted by Gasteiger charge is 2.18. The summed E-state index contributed by atoms with van der Waals surface area (Å²) < 4.78 is 5.62. The lowest BCUT2D eigenvalue weighted by atomic mass is 10.1. The summed E-state index contributed by atoms with van der Waals surface area (Å²) >= 11 is 0. The molecule has 1 amide bonds. The van der Waals surface area contributed by atoms with Gasteiger partial charge in [-0.3, -0.25) is 4.79 Å². The Morgan fingerprint density at radius 2 is 1.96 bits per heavy atom. The number of nitrogens with two attached hydrogens (primary N) is 1. The zero-order chi connectivity index (χ0) is 16.4. The van der Waals surface area contributed by atoms with Crippen LogP contribution in [0.5, 0.6) is 0 Å². The van der Waals surface area contributed by atoms with Crippen molar-refractivity contribution in [2.75, 3.05) is 24.3 Å². The summed E-state index contributed by atoms with van der Waals surface area (Å²) in [4.78, 5) is 18.0. The van der Waals surface area contributed by atoms with Crippen molar-refractivity contribution in [3.8, 4) is 0 Å². The highest BCUT2D eigenvalue weighted by atomic mass is 16.4. The Kier molecular flexibility index (Phi) is 3.89. The first kappa shape index (κ1) is 14.9. The van der Waals surface area contributed by atoms with E-state index in [4.69, 9.17) is 10.2 Å². The summed E-state index contributed by atoms with van der Waals surface area (Å²) in [5, 5.41) is 3.16. The molecule has 3 aromatic rings. The van der Waals surface area contributed by atoms with Crippen molar-refractivity contribution >= 4 is 28.7 Å². The molecule has 118 valence electrons. The fourth-order valence-corrected chi connectivity index (χ4v) is 2.33. The van der Waals surface area contributed by atoms with Gasteiger partial charge in [0.1, 0.15) is 11.6 Å². The fraction of sp³-hybridized carbons (Fsp3) is 0.176. The summed E-state index contributed by atoms with van der Waals surface area (Å²) in [6.07, 6.45) is 0. The Hall–Kier alpha value is -3.02. The third-order valence-electron chi connectivity index (χ3n) is 3.49. The first-order chi connectivity index (χ1) is 11.0. The van der Waals surface area contributed by atoms with Crippen LogP contribution < -0.4 is 16.0 Å². The van der Waals surface area contributed by atoms with Crippen LogP contribution in [0.3, 0.4) is 0 Å². The minimum Gasteiger partial charge on any atom is -0.423 e. The zero-order valence-corrected chi connectivity index (χ0v) is 13.0. The summed E-state index contributed by atoms with van der Waals surface area (Å²) in [7, 11) is 3.73. The molecule has 2 aromatic carbocycles. The summed E-state index contributed by atoms with van der Waals surface area (Å²) in [5.41, 5.74) is 8.51.